The SMILES string of the molecule is Cc1ccncc1-c1ccc(-c2c3ccccc3c(-c3ccc(-c4cnccc4C)cc3)c3cc(-c4ccccc4)ccc23)cc1.[Li+].[O-]c1cccc2ccc[nH+]c12.c1ccc(-c2cccc3c2Oc2c(-c4ccccc4)cc(-c4ccccc4)c4c2B3c2cccc(-c3ccccc3)c2O4)cc1.c1ccc2c(c1)Oc1cc(-c3ccc(-n4c5ccccc5c5ccccc54)cc3)cc3c1B2c1ccccc1O3. The summed E-state index contributed by atoms with van der Waals surface area (Å²) < 4.78 is 29.6. The maximum atomic E-state index is 11.1. The molecule has 20 aromatic carbocycles. The third kappa shape index (κ3) is 16.1. The van der Waals surface area contributed by atoms with Crippen molar-refractivity contribution in [1.82, 2.24) is 14.5 Å². The zero-order valence-electron chi connectivity index (χ0n) is 78.8. The second kappa shape index (κ2) is 37.8. The fraction of sp³-hybridized carbons (Fsp3) is 0.0153. The van der Waals surface area contributed by atoms with Crippen molar-refractivity contribution < 1.29 is 47.9 Å². The molecule has 0 fully saturated rings. The molecule has 12 heteroatoms. The first kappa shape index (κ1) is 87.9. The van der Waals surface area contributed by atoms with Crippen molar-refractivity contribution in [3.63, 3.8) is 0 Å². The third-order valence-corrected chi connectivity index (χ3v) is 28.2. The number of nitrogens with one attached hydrogen (secondary N) is 1. The molecule has 0 saturated carbocycles. The summed E-state index contributed by atoms with van der Waals surface area (Å²) in [6.07, 6.45) is 9.37. The van der Waals surface area contributed by atoms with E-state index in [1.54, 1.807) is 18.3 Å². The number of aromatic amines is 1. The fourth-order valence-corrected chi connectivity index (χ4v) is 21.4. The molecule has 9 nitrogen and oxygen atoms in total. The summed E-state index contributed by atoms with van der Waals surface area (Å²) in [5.74, 6) is 7.07. The Bertz CT molecular complexity index is 8720. The van der Waals surface area contributed by atoms with Crippen LogP contribution in [0.5, 0.6) is 51.7 Å². The molecule has 1 N–H and O–H groups in total. The van der Waals surface area contributed by atoms with Crippen LogP contribution in [-0.2, 0) is 0 Å². The summed E-state index contributed by atoms with van der Waals surface area (Å²) in [6, 6.07) is 162. The molecule has 4 aliphatic rings. The number of aryl methyl sites for hydroxylation is 2. The van der Waals surface area contributed by atoms with E-state index < -0.39 is 0 Å². The van der Waals surface area contributed by atoms with E-state index in [9.17, 15) is 5.11 Å². The van der Waals surface area contributed by atoms with Crippen LogP contribution in [0.25, 0.3) is 171 Å². The maximum absolute atomic E-state index is 11.1. The summed E-state index contributed by atoms with van der Waals surface area (Å²) >= 11 is 0. The summed E-state index contributed by atoms with van der Waals surface area (Å²) in [6.45, 7) is 4.28. The first-order chi connectivity index (χ1) is 70.2. The average molecular weight is 1830 g/mol. The summed E-state index contributed by atoms with van der Waals surface area (Å²) in [5, 5.41) is 19.6. The van der Waals surface area contributed by atoms with Gasteiger partial charge in [-0.25, -0.2) is 4.98 Å². The van der Waals surface area contributed by atoms with E-state index in [0.717, 1.165) is 146 Å². The van der Waals surface area contributed by atoms with Gasteiger partial charge in [-0.2, -0.15) is 0 Å². The summed E-state index contributed by atoms with van der Waals surface area (Å²) in [7, 11) is 0. The van der Waals surface area contributed by atoms with Gasteiger partial charge in [-0.1, -0.05) is 370 Å². The molecule has 0 amide bonds. The van der Waals surface area contributed by atoms with E-state index in [4.69, 9.17) is 18.9 Å². The number of para-hydroxylation sites is 7. The predicted molar refractivity (Wildman–Crippen MR) is 583 cm³/mol. The van der Waals surface area contributed by atoms with Gasteiger partial charge in [0.05, 0.1) is 11.0 Å². The van der Waals surface area contributed by atoms with Crippen molar-refractivity contribution in [3.05, 3.63) is 503 Å². The molecule has 4 aliphatic heterocycles. The quantitative estimate of drug-likeness (QED) is 0.0938. The molecular weight excluding hydrogens is 1740 g/mol. The van der Waals surface area contributed by atoms with E-state index in [-0.39, 0.29) is 38.0 Å². The average Bonchev–Trinajstić information content (AvgIpc) is 1.25. The van der Waals surface area contributed by atoms with Gasteiger partial charge in [0, 0.05) is 97.0 Å². The van der Waals surface area contributed by atoms with Crippen molar-refractivity contribution in [2.75, 3.05) is 0 Å². The number of ether oxygens (including phenoxy) is 4. The molecule has 668 valence electrons. The summed E-state index contributed by atoms with van der Waals surface area (Å²) in [4.78, 5) is 11.7. The number of hydrogen-bond acceptors (Lipinski definition) is 7. The predicted octanol–water partition coefficient (Wildman–Crippen LogP) is 25.7. The van der Waals surface area contributed by atoms with E-state index >= 15 is 0 Å². The molecule has 24 aromatic rings. The first-order valence-corrected chi connectivity index (χ1v) is 48.2. The summed E-state index contributed by atoms with van der Waals surface area (Å²) in [5.41, 5.74) is 36.4. The smallest absolute Gasteiger partial charge is 0.868 e. The Balaban J connectivity index is 0.000000109. The van der Waals surface area contributed by atoms with Gasteiger partial charge in [-0.05, 0) is 237 Å². The molecule has 0 atom stereocenters. The van der Waals surface area contributed by atoms with Crippen LogP contribution in [0.4, 0.5) is 0 Å². The van der Waals surface area contributed by atoms with Crippen LogP contribution in [0.2, 0.25) is 0 Å². The van der Waals surface area contributed by atoms with E-state index in [2.05, 4.69) is 452 Å². The minimum absolute atomic E-state index is 0. The second-order valence-corrected chi connectivity index (χ2v) is 36.5. The van der Waals surface area contributed by atoms with Gasteiger partial charge in [-0.15, -0.1) is 0 Å². The van der Waals surface area contributed by atoms with E-state index in [1.165, 1.54) is 110 Å². The van der Waals surface area contributed by atoms with Crippen molar-refractivity contribution in [1.29, 1.82) is 0 Å². The minimum atomic E-state index is -0.0825. The van der Waals surface area contributed by atoms with Gasteiger partial charge >= 0.3 is 18.9 Å². The van der Waals surface area contributed by atoms with Crippen LogP contribution in [0.3, 0.4) is 0 Å². The molecule has 0 bridgehead atoms. The van der Waals surface area contributed by atoms with Gasteiger partial charge < -0.3 is 28.6 Å². The zero-order valence-corrected chi connectivity index (χ0v) is 78.8. The number of hydrogen-bond donors (Lipinski definition) is 0. The van der Waals surface area contributed by atoms with Crippen molar-refractivity contribution in [2.24, 2.45) is 0 Å². The number of rotatable bonds is 11. The molecule has 0 spiro atoms. The maximum Gasteiger partial charge on any atom is 1.00 e. The number of aromatic nitrogens is 4. The molecule has 0 aliphatic carbocycles. The molecule has 0 radical (unpaired) electrons. The van der Waals surface area contributed by atoms with Gasteiger partial charge in [-0.3, -0.25) is 9.97 Å². The number of fused-ring (bicyclic) bond motifs is 14. The molecule has 0 unspecified atom stereocenters. The largest absolute Gasteiger partial charge is 1.00 e. The van der Waals surface area contributed by atoms with Crippen LogP contribution in [-0.4, -0.2) is 28.0 Å². The Morgan fingerprint density at radius 1 is 0.259 bits per heavy atom. The van der Waals surface area contributed by atoms with Crippen molar-refractivity contribution >= 4 is 100 Å². The standard InChI is InChI=1S/C44H32N2.C42H27BO2.C36H22BNO2.C9H7NO.Li/c1-29-22-24-45-27-41(29)32-12-16-34(17-13-32)43-37-10-6-7-11-38(37)44(35-18-14-33(15-19-35)42-28-46-25-23-30(42)2)40-26-36(20-21-39(40)43)31-8-4-3-5-9-31;1-5-15-28(16-6-1)32-23-13-25-36-39(32)44-41-34(30-19-9-3-10-20-30)27-35(31-21-11-4-12-22-31)42-38(41)43(36)37-26-14-24-33(40(37)45-42)29-17-7-2-8-18-29;1-5-13-30-26(9-1)27-10-2-6-14-31(27)38(30)25-19-17-23(18-20-25)24-21-34-36-35(22-24)40-33-16-8-4-12-29(33)37(36)28-11-3-7-15-32(28)39-34;11-8-5-1-3-7-4-2-6-10-9(7)8;/h3-28H,1-2H3;1-27H;1-22H;1-6,11H;/q;;;;+1. The number of pyridine rings is 3. The molecular formula is C131H88B2LiN4O5+. The molecule has 8 heterocycles. The Labute approximate surface area is 842 Å². The van der Waals surface area contributed by atoms with Gasteiger partial charge in [0.2, 0.25) is 5.52 Å². The first-order valence-electron chi connectivity index (χ1n) is 48.2. The van der Waals surface area contributed by atoms with E-state index in [1.807, 2.05) is 55.1 Å². The van der Waals surface area contributed by atoms with Gasteiger partial charge in [0.1, 0.15) is 46.0 Å². The number of H-pyrrole nitrogens is 1. The third-order valence-electron chi connectivity index (χ3n) is 28.2. The monoisotopic (exact) mass is 1830 g/mol. The molecule has 0 saturated heterocycles. The number of benzene rings is 20. The Kier molecular flexibility index (Phi) is 23.2. The topological polar surface area (TPSA) is 105 Å². The molecule has 4 aromatic heterocycles. The molecule has 143 heavy (non-hydrogen) atoms. The van der Waals surface area contributed by atoms with Gasteiger partial charge in [0.15, 0.2) is 6.20 Å². The molecule has 28 rings (SSSR count). The van der Waals surface area contributed by atoms with Crippen LogP contribution >= 0.6 is 0 Å². The Morgan fingerprint density at radius 3 is 1.13 bits per heavy atom. The minimum Gasteiger partial charge on any atom is -0.868 e. The van der Waals surface area contributed by atoms with Crippen LogP contribution in [0, 0.1) is 13.8 Å². The Morgan fingerprint density at radius 2 is 0.636 bits per heavy atom. The van der Waals surface area contributed by atoms with Crippen LogP contribution in [0.15, 0.2) is 492 Å². The Hall–Kier alpha value is -17.8. The van der Waals surface area contributed by atoms with Crippen LogP contribution in [0.1, 0.15) is 11.1 Å². The van der Waals surface area contributed by atoms with E-state index in [0.29, 0.717) is 5.52 Å². The zero-order chi connectivity index (χ0) is 94.7. The van der Waals surface area contributed by atoms with Crippen LogP contribution < -0.4 is 80.7 Å². The van der Waals surface area contributed by atoms with Gasteiger partial charge in [0.25, 0.3) is 13.4 Å². The fourth-order valence-electron chi connectivity index (χ4n) is 21.4. The van der Waals surface area contributed by atoms with Crippen molar-refractivity contribution in [2.45, 2.75) is 13.8 Å². The van der Waals surface area contributed by atoms with Crippen molar-refractivity contribution in [3.8, 4) is 169 Å². The normalized spacial score (nSPS) is 11.9. The second-order valence-electron chi connectivity index (χ2n) is 36.5. The number of nitrogens with zero attached hydrogens (tertiary/aromatic N) is 3.